The van der Waals surface area contributed by atoms with Crippen molar-refractivity contribution in [3.05, 3.63) is 29.8 Å². The number of carbonyl (C=O) groups excluding carboxylic acids is 1. The third kappa shape index (κ3) is 3.99. The smallest absolute Gasteiger partial charge is 0.253 e. The number of nitrogens with one attached hydrogen (secondary N) is 1. The molecule has 1 heterocycles. The lowest BCUT2D eigenvalue weighted by atomic mass is 10.0. The van der Waals surface area contributed by atoms with E-state index in [0.29, 0.717) is 0 Å². The summed E-state index contributed by atoms with van der Waals surface area (Å²) < 4.78 is 0. The largest absolute Gasteiger partial charge is 0.385 e. The lowest BCUT2D eigenvalue weighted by Crippen LogP contribution is -2.31. The highest BCUT2D eigenvalue weighted by atomic mass is 16.2. The predicted molar refractivity (Wildman–Crippen MR) is 84.1 cm³/mol. The van der Waals surface area contributed by atoms with Gasteiger partial charge in [-0.2, -0.15) is 0 Å². The number of likely N-dealkylation sites (tertiary alicyclic amines) is 1. The van der Waals surface area contributed by atoms with Gasteiger partial charge in [-0.25, -0.2) is 0 Å². The van der Waals surface area contributed by atoms with Crippen LogP contribution < -0.4 is 5.32 Å². The Labute approximate surface area is 122 Å². The number of anilines is 1. The Morgan fingerprint density at radius 1 is 1.25 bits per heavy atom. The minimum Gasteiger partial charge on any atom is -0.385 e. The molecule has 1 saturated heterocycles. The van der Waals surface area contributed by atoms with Gasteiger partial charge in [0.15, 0.2) is 0 Å². The quantitative estimate of drug-likeness (QED) is 0.906. The molecule has 2 rings (SSSR count). The van der Waals surface area contributed by atoms with Gasteiger partial charge in [-0.15, -0.1) is 0 Å². The fraction of sp³-hybridized carbons (Fsp3) is 0.588. The average Bonchev–Trinajstić information content (AvgIpc) is 2.70. The van der Waals surface area contributed by atoms with Crippen LogP contribution in [0.2, 0.25) is 0 Å². The molecule has 1 unspecified atom stereocenters. The number of benzene rings is 1. The normalized spacial score (nSPS) is 19.5. The first-order valence-corrected chi connectivity index (χ1v) is 7.84. The molecular formula is C17H26N2O. The van der Waals surface area contributed by atoms with E-state index >= 15 is 0 Å². The second-order valence-corrected chi connectivity index (χ2v) is 5.83. The van der Waals surface area contributed by atoms with Crippen LogP contribution in [0.3, 0.4) is 0 Å². The zero-order valence-electron chi connectivity index (χ0n) is 12.7. The van der Waals surface area contributed by atoms with E-state index in [9.17, 15) is 4.79 Å². The van der Waals surface area contributed by atoms with Crippen molar-refractivity contribution in [3.8, 4) is 0 Å². The summed E-state index contributed by atoms with van der Waals surface area (Å²) >= 11 is 0. The second kappa shape index (κ2) is 7.32. The number of hydrogen-bond acceptors (Lipinski definition) is 2. The van der Waals surface area contributed by atoms with E-state index in [1.807, 2.05) is 29.2 Å². The topological polar surface area (TPSA) is 32.3 Å². The molecule has 1 amide bonds. The minimum absolute atomic E-state index is 0.182. The van der Waals surface area contributed by atoms with E-state index in [1.165, 1.54) is 6.42 Å². The lowest BCUT2D eigenvalue weighted by Gasteiger charge is -2.20. The molecule has 0 aromatic heterocycles. The number of carbonyl (C=O) groups is 1. The molecule has 1 aromatic carbocycles. The lowest BCUT2D eigenvalue weighted by molar-refractivity contribution is 0.0760. The SMILES string of the molecule is CCCNc1ccc(C(=O)N2CCCC(C)CC2)cc1. The van der Waals surface area contributed by atoms with Gasteiger partial charge >= 0.3 is 0 Å². The van der Waals surface area contributed by atoms with Crippen LogP contribution >= 0.6 is 0 Å². The molecule has 1 N–H and O–H groups in total. The molecular weight excluding hydrogens is 248 g/mol. The van der Waals surface area contributed by atoms with Crippen LogP contribution in [0.25, 0.3) is 0 Å². The summed E-state index contributed by atoms with van der Waals surface area (Å²) in [6.07, 6.45) is 4.60. The molecule has 20 heavy (non-hydrogen) atoms. The number of amides is 1. The van der Waals surface area contributed by atoms with E-state index in [1.54, 1.807) is 0 Å². The maximum atomic E-state index is 12.5. The van der Waals surface area contributed by atoms with Gasteiger partial charge in [0.1, 0.15) is 0 Å². The Morgan fingerprint density at radius 3 is 2.70 bits per heavy atom. The summed E-state index contributed by atoms with van der Waals surface area (Å²) in [5.74, 6) is 0.926. The molecule has 0 bridgehead atoms. The second-order valence-electron chi connectivity index (χ2n) is 5.83. The van der Waals surface area contributed by atoms with Crippen molar-refractivity contribution in [3.63, 3.8) is 0 Å². The van der Waals surface area contributed by atoms with E-state index in [2.05, 4.69) is 19.2 Å². The Morgan fingerprint density at radius 2 is 2.00 bits per heavy atom. The van der Waals surface area contributed by atoms with Gasteiger partial charge in [0.05, 0.1) is 0 Å². The highest BCUT2D eigenvalue weighted by Gasteiger charge is 2.19. The van der Waals surface area contributed by atoms with Gasteiger partial charge in [0.2, 0.25) is 0 Å². The van der Waals surface area contributed by atoms with E-state index in [4.69, 9.17) is 0 Å². The van der Waals surface area contributed by atoms with Crippen molar-refractivity contribution in [2.75, 3.05) is 25.0 Å². The van der Waals surface area contributed by atoms with E-state index in [-0.39, 0.29) is 5.91 Å². The van der Waals surface area contributed by atoms with Gasteiger partial charge in [-0.3, -0.25) is 4.79 Å². The highest BCUT2D eigenvalue weighted by molar-refractivity contribution is 5.94. The van der Waals surface area contributed by atoms with Gasteiger partial charge in [-0.05, 0) is 55.9 Å². The molecule has 0 aliphatic carbocycles. The van der Waals surface area contributed by atoms with Crippen LogP contribution in [0, 0.1) is 5.92 Å². The Bertz CT molecular complexity index is 427. The molecule has 110 valence electrons. The van der Waals surface area contributed by atoms with Crippen LogP contribution in [0.5, 0.6) is 0 Å². The van der Waals surface area contributed by atoms with Gasteiger partial charge in [0, 0.05) is 30.9 Å². The van der Waals surface area contributed by atoms with Crippen molar-refractivity contribution in [2.45, 2.75) is 39.5 Å². The zero-order valence-corrected chi connectivity index (χ0v) is 12.7. The van der Waals surface area contributed by atoms with Gasteiger partial charge in [0.25, 0.3) is 5.91 Å². The maximum absolute atomic E-state index is 12.5. The first kappa shape index (κ1) is 14.9. The van der Waals surface area contributed by atoms with Crippen LogP contribution in [-0.2, 0) is 0 Å². The van der Waals surface area contributed by atoms with Gasteiger partial charge < -0.3 is 10.2 Å². The fourth-order valence-corrected chi connectivity index (χ4v) is 2.65. The monoisotopic (exact) mass is 274 g/mol. The summed E-state index contributed by atoms with van der Waals surface area (Å²) in [7, 11) is 0. The standard InChI is InChI=1S/C17H26N2O/c1-3-11-18-16-8-6-15(7-9-16)17(20)19-12-4-5-14(2)10-13-19/h6-9,14,18H,3-5,10-13H2,1-2H3. The van der Waals surface area contributed by atoms with Crippen LogP contribution in [0.1, 0.15) is 49.9 Å². The Hall–Kier alpha value is -1.51. The van der Waals surface area contributed by atoms with Crippen molar-refractivity contribution < 1.29 is 4.79 Å². The van der Waals surface area contributed by atoms with Crippen LogP contribution in [0.15, 0.2) is 24.3 Å². The average molecular weight is 274 g/mol. The molecule has 1 atom stereocenters. The number of nitrogens with zero attached hydrogens (tertiary/aromatic N) is 1. The minimum atomic E-state index is 0.182. The molecule has 3 heteroatoms. The van der Waals surface area contributed by atoms with Crippen molar-refractivity contribution in [2.24, 2.45) is 5.92 Å². The fourth-order valence-electron chi connectivity index (χ4n) is 2.65. The summed E-state index contributed by atoms with van der Waals surface area (Å²) in [5.41, 5.74) is 1.90. The molecule has 1 aliphatic rings. The highest BCUT2D eigenvalue weighted by Crippen LogP contribution is 2.19. The molecule has 0 spiro atoms. The zero-order chi connectivity index (χ0) is 14.4. The van der Waals surface area contributed by atoms with E-state index in [0.717, 1.165) is 56.1 Å². The molecule has 0 radical (unpaired) electrons. The Balaban J connectivity index is 1.97. The molecule has 3 nitrogen and oxygen atoms in total. The molecule has 1 aliphatic heterocycles. The van der Waals surface area contributed by atoms with Crippen molar-refractivity contribution >= 4 is 11.6 Å². The summed E-state index contributed by atoms with van der Waals surface area (Å²) in [5, 5.41) is 3.33. The summed E-state index contributed by atoms with van der Waals surface area (Å²) in [6, 6.07) is 7.88. The first-order chi connectivity index (χ1) is 9.70. The molecule has 1 fully saturated rings. The third-order valence-corrected chi connectivity index (χ3v) is 4.01. The molecule has 1 aromatic rings. The first-order valence-electron chi connectivity index (χ1n) is 7.84. The molecule has 0 saturated carbocycles. The summed E-state index contributed by atoms with van der Waals surface area (Å²) in [4.78, 5) is 14.5. The number of rotatable bonds is 4. The van der Waals surface area contributed by atoms with Crippen LogP contribution in [-0.4, -0.2) is 30.4 Å². The Kier molecular flexibility index (Phi) is 5.45. The summed E-state index contributed by atoms with van der Waals surface area (Å²) in [6.45, 7) is 7.19. The predicted octanol–water partition coefficient (Wildman–Crippen LogP) is 3.77. The van der Waals surface area contributed by atoms with Crippen molar-refractivity contribution in [1.82, 2.24) is 4.90 Å². The third-order valence-electron chi connectivity index (χ3n) is 4.01. The van der Waals surface area contributed by atoms with Crippen LogP contribution in [0.4, 0.5) is 5.69 Å². The van der Waals surface area contributed by atoms with E-state index < -0.39 is 0 Å². The van der Waals surface area contributed by atoms with Gasteiger partial charge in [-0.1, -0.05) is 13.8 Å². The van der Waals surface area contributed by atoms with Crippen molar-refractivity contribution in [1.29, 1.82) is 0 Å². The maximum Gasteiger partial charge on any atom is 0.253 e. The number of hydrogen-bond donors (Lipinski definition) is 1.